The lowest BCUT2D eigenvalue weighted by Crippen LogP contribution is -1.95. The lowest BCUT2D eigenvalue weighted by molar-refractivity contribution is 0.794. The summed E-state index contributed by atoms with van der Waals surface area (Å²) in [7, 11) is 0. The minimum Gasteiger partial charge on any atom is -0.301 e. The topological polar surface area (TPSA) is 33.6 Å². The molecule has 0 unspecified atom stereocenters. The van der Waals surface area contributed by atoms with Crippen molar-refractivity contribution in [2.24, 2.45) is 0 Å². The van der Waals surface area contributed by atoms with Gasteiger partial charge in [-0.1, -0.05) is 0 Å². The van der Waals surface area contributed by atoms with E-state index in [1.807, 2.05) is 4.57 Å². The highest BCUT2D eigenvalue weighted by atomic mass is 32.1. The molecular formula is C8H9N3S2. The minimum absolute atomic E-state index is 0.672. The van der Waals surface area contributed by atoms with Gasteiger partial charge in [0.1, 0.15) is 6.33 Å². The Labute approximate surface area is 85.0 Å². The van der Waals surface area contributed by atoms with E-state index in [-0.39, 0.29) is 0 Å². The SMILES string of the molecule is Cc1ccc(Cn2cn[nH]c2=S)s1. The Morgan fingerprint density at radius 3 is 3.00 bits per heavy atom. The first-order chi connectivity index (χ1) is 6.25. The average molecular weight is 211 g/mol. The molecule has 0 saturated carbocycles. The fourth-order valence-corrected chi connectivity index (χ4v) is 2.17. The molecule has 13 heavy (non-hydrogen) atoms. The van der Waals surface area contributed by atoms with Gasteiger partial charge in [-0.05, 0) is 31.3 Å². The molecule has 0 radical (unpaired) electrons. The Balaban J connectivity index is 2.24. The molecule has 0 bridgehead atoms. The Morgan fingerprint density at radius 2 is 2.46 bits per heavy atom. The average Bonchev–Trinajstić information content (AvgIpc) is 2.64. The summed E-state index contributed by atoms with van der Waals surface area (Å²) in [5.41, 5.74) is 0. The van der Waals surface area contributed by atoms with Crippen LogP contribution in [0.25, 0.3) is 0 Å². The van der Waals surface area contributed by atoms with Crippen LogP contribution in [0.1, 0.15) is 9.75 Å². The lowest BCUT2D eigenvalue weighted by Gasteiger charge is -1.96. The van der Waals surface area contributed by atoms with E-state index in [0.717, 1.165) is 6.54 Å². The Bertz CT molecular complexity index is 452. The molecule has 2 rings (SSSR count). The van der Waals surface area contributed by atoms with Crippen LogP contribution in [0.5, 0.6) is 0 Å². The number of hydrogen-bond acceptors (Lipinski definition) is 3. The number of H-pyrrole nitrogens is 1. The largest absolute Gasteiger partial charge is 0.301 e. The molecule has 0 fully saturated rings. The van der Waals surface area contributed by atoms with Gasteiger partial charge in [0.05, 0.1) is 6.54 Å². The van der Waals surface area contributed by atoms with Gasteiger partial charge in [-0.15, -0.1) is 11.3 Å². The number of aromatic nitrogens is 3. The van der Waals surface area contributed by atoms with Crippen molar-refractivity contribution in [3.63, 3.8) is 0 Å². The molecule has 0 amide bonds. The highest BCUT2D eigenvalue weighted by Crippen LogP contribution is 2.15. The quantitative estimate of drug-likeness (QED) is 0.774. The van der Waals surface area contributed by atoms with E-state index >= 15 is 0 Å². The highest BCUT2D eigenvalue weighted by molar-refractivity contribution is 7.71. The first-order valence-corrected chi connectivity index (χ1v) is 5.13. The van der Waals surface area contributed by atoms with Crippen LogP contribution in [0, 0.1) is 11.7 Å². The van der Waals surface area contributed by atoms with Crippen LogP contribution in [0.15, 0.2) is 18.5 Å². The third-order valence-corrected chi connectivity index (χ3v) is 3.05. The van der Waals surface area contributed by atoms with E-state index in [0.29, 0.717) is 4.77 Å². The van der Waals surface area contributed by atoms with Gasteiger partial charge in [-0.25, -0.2) is 0 Å². The standard InChI is InChI=1S/C8H9N3S2/c1-6-2-3-7(13-6)4-11-5-9-10-8(11)12/h2-3,5H,4H2,1H3,(H,10,12). The fourth-order valence-electron chi connectivity index (χ4n) is 1.12. The molecule has 0 aliphatic heterocycles. The molecule has 68 valence electrons. The van der Waals surface area contributed by atoms with Crippen molar-refractivity contribution in [2.45, 2.75) is 13.5 Å². The zero-order chi connectivity index (χ0) is 9.26. The summed E-state index contributed by atoms with van der Waals surface area (Å²) in [5.74, 6) is 0. The molecule has 2 heterocycles. The maximum atomic E-state index is 5.04. The van der Waals surface area contributed by atoms with Crippen molar-refractivity contribution in [3.05, 3.63) is 33.0 Å². The van der Waals surface area contributed by atoms with Gasteiger partial charge in [0, 0.05) is 9.75 Å². The molecule has 0 aliphatic carbocycles. The Kier molecular flexibility index (Phi) is 2.28. The zero-order valence-corrected chi connectivity index (χ0v) is 8.78. The van der Waals surface area contributed by atoms with E-state index in [1.165, 1.54) is 9.75 Å². The van der Waals surface area contributed by atoms with Crippen LogP contribution in [0.4, 0.5) is 0 Å². The van der Waals surface area contributed by atoms with Crippen LogP contribution in [-0.2, 0) is 6.54 Å². The van der Waals surface area contributed by atoms with E-state index in [9.17, 15) is 0 Å². The van der Waals surface area contributed by atoms with E-state index in [2.05, 4.69) is 29.3 Å². The molecule has 1 N–H and O–H groups in total. The van der Waals surface area contributed by atoms with E-state index in [1.54, 1.807) is 17.7 Å². The van der Waals surface area contributed by atoms with Crippen LogP contribution in [0.3, 0.4) is 0 Å². The number of hydrogen-bond donors (Lipinski definition) is 1. The number of thiophene rings is 1. The lowest BCUT2D eigenvalue weighted by atomic mass is 10.4. The van der Waals surface area contributed by atoms with E-state index < -0.39 is 0 Å². The highest BCUT2D eigenvalue weighted by Gasteiger charge is 1.98. The maximum Gasteiger partial charge on any atom is 0.195 e. The van der Waals surface area contributed by atoms with Crippen molar-refractivity contribution in [3.8, 4) is 0 Å². The van der Waals surface area contributed by atoms with Gasteiger partial charge >= 0.3 is 0 Å². The summed E-state index contributed by atoms with van der Waals surface area (Å²) in [6.45, 7) is 2.91. The predicted octanol–water partition coefficient (Wildman–Crippen LogP) is 2.36. The number of rotatable bonds is 2. The number of nitrogens with zero attached hydrogens (tertiary/aromatic N) is 2. The predicted molar refractivity (Wildman–Crippen MR) is 55.6 cm³/mol. The summed E-state index contributed by atoms with van der Waals surface area (Å²) < 4.78 is 2.59. The third-order valence-electron chi connectivity index (χ3n) is 1.74. The van der Waals surface area contributed by atoms with Crippen LogP contribution >= 0.6 is 23.6 Å². The molecule has 0 aromatic carbocycles. The van der Waals surface area contributed by atoms with Gasteiger partial charge in [-0.3, -0.25) is 5.10 Å². The summed E-state index contributed by atoms with van der Waals surface area (Å²) in [6, 6.07) is 4.23. The summed E-state index contributed by atoms with van der Waals surface area (Å²) in [5, 5.41) is 6.59. The Morgan fingerprint density at radius 1 is 1.62 bits per heavy atom. The summed E-state index contributed by atoms with van der Waals surface area (Å²) in [6.07, 6.45) is 1.72. The second-order valence-corrected chi connectivity index (χ2v) is 4.56. The molecule has 2 aromatic heterocycles. The van der Waals surface area contributed by atoms with Crippen molar-refractivity contribution < 1.29 is 0 Å². The molecule has 0 saturated heterocycles. The number of nitrogens with one attached hydrogen (secondary N) is 1. The molecule has 2 aromatic rings. The molecule has 0 aliphatic rings. The zero-order valence-electron chi connectivity index (χ0n) is 7.15. The second kappa shape index (κ2) is 3.43. The van der Waals surface area contributed by atoms with Gasteiger partial charge in [0.25, 0.3) is 0 Å². The van der Waals surface area contributed by atoms with Gasteiger partial charge < -0.3 is 4.57 Å². The summed E-state index contributed by atoms with van der Waals surface area (Å²) >= 11 is 6.83. The van der Waals surface area contributed by atoms with Crippen molar-refractivity contribution >= 4 is 23.6 Å². The molecule has 3 nitrogen and oxygen atoms in total. The van der Waals surface area contributed by atoms with Gasteiger partial charge in [0.2, 0.25) is 0 Å². The van der Waals surface area contributed by atoms with E-state index in [4.69, 9.17) is 12.2 Å². The van der Waals surface area contributed by atoms with Crippen molar-refractivity contribution in [2.75, 3.05) is 0 Å². The van der Waals surface area contributed by atoms with Crippen LogP contribution in [0.2, 0.25) is 0 Å². The van der Waals surface area contributed by atoms with Gasteiger partial charge in [-0.2, -0.15) is 5.10 Å². The monoisotopic (exact) mass is 211 g/mol. The first kappa shape index (κ1) is 8.65. The van der Waals surface area contributed by atoms with Gasteiger partial charge in [0.15, 0.2) is 4.77 Å². The van der Waals surface area contributed by atoms with Crippen LogP contribution < -0.4 is 0 Å². The summed E-state index contributed by atoms with van der Waals surface area (Å²) in [4.78, 5) is 2.63. The molecular weight excluding hydrogens is 202 g/mol. The number of aromatic amines is 1. The van der Waals surface area contributed by atoms with Crippen molar-refractivity contribution in [1.29, 1.82) is 0 Å². The van der Waals surface area contributed by atoms with Crippen LogP contribution in [-0.4, -0.2) is 14.8 Å². The third kappa shape index (κ3) is 1.87. The normalized spacial score (nSPS) is 10.5. The second-order valence-electron chi connectivity index (χ2n) is 2.80. The Hall–Kier alpha value is -0.940. The number of aryl methyl sites for hydroxylation is 1. The minimum atomic E-state index is 0.672. The molecule has 0 atom stereocenters. The molecule has 5 heteroatoms. The molecule has 0 spiro atoms. The smallest absolute Gasteiger partial charge is 0.195 e. The fraction of sp³-hybridized carbons (Fsp3) is 0.250. The first-order valence-electron chi connectivity index (χ1n) is 3.91. The maximum absolute atomic E-state index is 5.04. The van der Waals surface area contributed by atoms with Crippen molar-refractivity contribution in [1.82, 2.24) is 14.8 Å².